The van der Waals surface area contributed by atoms with Gasteiger partial charge in [0.15, 0.2) is 0 Å². The quantitative estimate of drug-likeness (QED) is 0.429. The van der Waals surface area contributed by atoms with Gasteiger partial charge in [-0.15, -0.1) is 24.8 Å². The van der Waals surface area contributed by atoms with E-state index in [9.17, 15) is 22.4 Å². The van der Waals surface area contributed by atoms with Crippen molar-refractivity contribution in [1.82, 2.24) is 4.90 Å². The van der Waals surface area contributed by atoms with E-state index < -0.39 is 23.6 Å². The van der Waals surface area contributed by atoms with Crippen LogP contribution in [0.3, 0.4) is 0 Å². The van der Waals surface area contributed by atoms with Gasteiger partial charge in [0.2, 0.25) is 5.91 Å². The average Bonchev–Trinajstić information content (AvgIpc) is 2.90. The third-order valence-electron chi connectivity index (χ3n) is 4.58. The third kappa shape index (κ3) is 5.16. The topological polar surface area (TPSA) is 38.8 Å². The Hall–Kier alpha value is -2.48. The van der Waals surface area contributed by atoms with Crippen molar-refractivity contribution in [2.75, 3.05) is 0 Å². The molecule has 1 fully saturated rings. The summed E-state index contributed by atoms with van der Waals surface area (Å²) in [6.45, 7) is 3.66. The number of rotatable bonds is 6. The summed E-state index contributed by atoms with van der Waals surface area (Å²) in [7, 11) is 0. The summed E-state index contributed by atoms with van der Waals surface area (Å²) < 4.78 is 61.3. The van der Waals surface area contributed by atoms with Gasteiger partial charge in [-0.1, -0.05) is 18.2 Å². The van der Waals surface area contributed by atoms with Crippen molar-refractivity contribution in [3.8, 4) is 11.5 Å². The number of nitrogens with zero attached hydrogens (tertiary/aromatic N) is 1. The molecule has 0 spiro atoms. The number of halogens is 5. The Labute approximate surface area is 176 Å². The van der Waals surface area contributed by atoms with Crippen molar-refractivity contribution >= 4 is 17.5 Å². The standard InChI is InChI=1S/C21H20ClF4NO3/c1-12(2)29-18-5-3-4-16(23)19(18)17-10-15(22)20(28)27(17)11-13-6-8-14(9-7-13)30-21(24,25)26/h3-9,12,15,17H,10-11H2,1-2H3/t15-,17+/m0/s1. The Morgan fingerprint density at radius 1 is 1.17 bits per heavy atom. The molecular weight excluding hydrogens is 426 g/mol. The molecule has 1 aliphatic rings. The molecule has 0 aliphatic carbocycles. The highest BCUT2D eigenvalue weighted by atomic mass is 35.5. The number of carbonyl (C=O) groups excluding carboxylic acids is 1. The molecule has 0 bridgehead atoms. The van der Waals surface area contributed by atoms with E-state index in [1.165, 1.54) is 29.2 Å². The maximum Gasteiger partial charge on any atom is 0.573 e. The second-order valence-electron chi connectivity index (χ2n) is 7.20. The Bertz CT molecular complexity index is 902. The lowest BCUT2D eigenvalue weighted by molar-refractivity contribution is -0.274. The van der Waals surface area contributed by atoms with Crippen LogP contribution < -0.4 is 9.47 Å². The van der Waals surface area contributed by atoms with E-state index in [4.69, 9.17) is 16.3 Å². The highest BCUT2D eigenvalue weighted by Gasteiger charge is 2.41. The molecule has 0 N–H and O–H groups in total. The van der Waals surface area contributed by atoms with Gasteiger partial charge in [-0.05, 0) is 50.1 Å². The van der Waals surface area contributed by atoms with Gasteiger partial charge in [-0.2, -0.15) is 0 Å². The van der Waals surface area contributed by atoms with Crippen LogP contribution >= 0.6 is 11.6 Å². The molecule has 0 aromatic heterocycles. The molecule has 30 heavy (non-hydrogen) atoms. The minimum atomic E-state index is -4.79. The lowest BCUT2D eigenvalue weighted by Crippen LogP contribution is -2.30. The second-order valence-corrected chi connectivity index (χ2v) is 7.72. The van der Waals surface area contributed by atoms with E-state index in [1.54, 1.807) is 19.9 Å². The fraction of sp³-hybridized carbons (Fsp3) is 0.381. The van der Waals surface area contributed by atoms with Gasteiger partial charge < -0.3 is 14.4 Å². The number of hydrogen-bond acceptors (Lipinski definition) is 3. The molecule has 1 saturated heterocycles. The molecule has 0 unspecified atom stereocenters. The molecule has 162 valence electrons. The van der Waals surface area contributed by atoms with Crippen LogP contribution in [0.25, 0.3) is 0 Å². The number of alkyl halides is 4. The number of carbonyl (C=O) groups is 1. The number of benzene rings is 2. The monoisotopic (exact) mass is 445 g/mol. The normalized spacial score (nSPS) is 19.5. The van der Waals surface area contributed by atoms with Crippen molar-refractivity contribution in [2.45, 2.75) is 50.7 Å². The van der Waals surface area contributed by atoms with E-state index in [1.807, 2.05) is 0 Å². The maximum atomic E-state index is 14.7. The summed E-state index contributed by atoms with van der Waals surface area (Å²) in [5, 5.41) is -0.839. The van der Waals surface area contributed by atoms with Crippen molar-refractivity contribution < 1.29 is 31.8 Å². The molecule has 1 heterocycles. The number of likely N-dealkylation sites (tertiary alicyclic amines) is 1. The number of hydrogen-bond donors (Lipinski definition) is 0. The molecule has 2 aromatic rings. The molecule has 0 radical (unpaired) electrons. The fourth-order valence-corrected chi connectivity index (χ4v) is 3.70. The SMILES string of the molecule is CC(C)Oc1cccc(F)c1[C@H]1C[C@H](Cl)C(=O)N1Cc1ccc(OC(F)(F)F)cc1. The van der Waals surface area contributed by atoms with Crippen molar-refractivity contribution in [1.29, 1.82) is 0 Å². The molecule has 0 saturated carbocycles. The summed E-state index contributed by atoms with van der Waals surface area (Å²) in [4.78, 5) is 14.1. The van der Waals surface area contributed by atoms with Crippen LogP contribution in [0.2, 0.25) is 0 Å². The first kappa shape index (κ1) is 22.2. The lowest BCUT2D eigenvalue weighted by Gasteiger charge is -2.27. The van der Waals surface area contributed by atoms with Gasteiger partial charge in [0.25, 0.3) is 0 Å². The number of amides is 1. The average molecular weight is 446 g/mol. The summed E-state index contributed by atoms with van der Waals surface area (Å²) in [6, 6.07) is 8.93. The first-order valence-corrected chi connectivity index (χ1v) is 9.73. The largest absolute Gasteiger partial charge is 0.573 e. The van der Waals surface area contributed by atoms with E-state index in [0.29, 0.717) is 11.3 Å². The van der Waals surface area contributed by atoms with Crippen LogP contribution in [0.5, 0.6) is 11.5 Å². The van der Waals surface area contributed by atoms with Gasteiger partial charge in [-0.25, -0.2) is 4.39 Å². The van der Waals surface area contributed by atoms with Gasteiger partial charge in [0.05, 0.1) is 17.7 Å². The summed E-state index contributed by atoms with van der Waals surface area (Å²) in [6.07, 6.45) is -4.81. The predicted molar refractivity (Wildman–Crippen MR) is 103 cm³/mol. The second kappa shape index (κ2) is 8.71. The maximum absolute atomic E-state index is 14.7. The van der Waals surface area contributed by atoms with Crippen LogP contribution in [0.4, 0.5) is 17.6 Å². The van der Waals surface area contributed by atoms with Crippen LogP contribution in [0.15, 0.2) is 42.5 Å². The molecule has 9 heteroatoms. The lowest BCUT2D eigenvalue weighted by atomic mass is 10.0. The smallest absolute Gasteiger partial charge is 0.491 e. The zero-order valence-electron chi connectivity index (χ0n) is 16.2. The van der Waals surface area contributed by atoms with Crippen LogP contribution in [0.1, 0.15) is 37.4 Å². The van der Waals surface area contributed by atoms with Crippen molar-refractivity contribution in [3.05, 3.63) is 59.4 Å². The van der Waals surface area contributed by atoms with Gasteiger partial charge in [0, 0.05) is 6.54 Å². The highest BCUT2D eigenvalue weighted by Crippen LogP contribution is 2.42. The molecule has 3 rings (SSSR count). The molecule has 2 atom stereocenters. The Morgan fingerprint density at radius 3 is 2.43 bits per heavy atom. The minimum absolute atomic E-state index is 0.0501. The first-order valence-electron chi connectivity index (χ1n) is 9.29. The fourth-order valence-electron chi connectivity index (χ4n) is 3.41. The zero-order valence-corrected chi connectivity index (χ0v) is 17.0. The van der Waals surface area contributed by atoms with E-state index in [0.717, 1.165) is 12.1 Å². The molecule has 4 nitrogen and oxygen atoms in total. The Morgan fingerprint density at radius 2 is 1.83 bits per heavy atom. The Balaban J connectivity index is 1.88. The molecular formula is C21H20ClF4NO3. The van der Waals surface area contributed by atoms with E-state index in [-0.39, 0.29) is 36.3 Å². The van der Waals surface area contributed by atoms with Crippen LogP contribution in [-0.2, 0) is 11.3 Å². The van der Waals surface area contributed by atoms with Gasteiger partial charge in [-0.3, -0.25) is 4.79 Å². The van der Waals surface area contributed by atoms with Crippen LogP contribution in [0, 0.1) is 5.82 Å². The number of ether oxygens (including phenoxy) is 2. The third-order valence-corrected chi connectivity index (χ3v) is 4.94. The van der Waals surface area contributed by atoms with Crippen molar-refractivity contribution in [2.24, 2.45) is 0 Å². The Kier molecular flexibility index (Phi) is 6.45. The van der Waals surface area contributed by atoms with Crippen molar-refractivity contribution in [3.63, 3.8) is 0 Å². The summed E-state index contributed by atoms with van der Waals surface area (Å²) >= 11 is 6.18. The zero-order chi connectivity index (χ0) is 22.1. The highest BCUT2D eigenvalue weighted by molar-refractivity contribution is 6.31. The van der Waals surface area contributed by atoms with Crippen LogP contribution in [-0.4, -0.2) is 28.7 Å². The first-order chi connectivity index (χ1) is 14.0. The molecule has 1 amide bonds. The van der Waals surface area contributed by atoms with Gasteiger partial charge >= 0.3 is 6.36 Å². The summed E-state index contributed by atoms with van der Waals surface area (Å²) in [5.41, 5.74) is 0.788. The molecule has 2 aromatic carbocycles. The van der Waals surface area contributed by atoms with Gasteiger partial charge in [0.1, 0.15) is 22.7 Å². The van der Waals surface area contributed by atoms with E-state index in [2.05, 4.69) is 4.74 Å². The molecule has 1 aliphatic heterocycles. The predicted octanol–water partition coefficient (Wildman–Crippen LogP) is 5.59. The summed E-state index contributed by atoms with van der Waals surface area (Å²) in [5.74, 6) is -0.938. The minimum Gasteiger partial charge on any atom is -0.491 e. The van der Waals surface area contributed by atoms with E-state index >= 15 is 0 Å².